The van der Waals surface area contributed by atoms with E-state index in [1.165, 1.54) is 38.5 Å². The summed E-state index contributed by atoms with van der Waals surface area (Å²) < 4.78 is 11.6. The molecule has 0 spiro atoms. The minimum absolute atomic E-state index is 0.0463. The van der Waals surface area contributed by atoms with Crippen LogP contribution in [-0.4, -0.2) is 33.1 Å². The van der Waals surface area contributed by atoms with Gasteiger partial charge in [-0.1, -0.05) is 45.4 Å². The van der Waals surface area contributed by atoms with E-state index in [2.05, 4.69) is 13.8 Å². The fraction of sp³-hybridized carbons (Fsp3) is 1.00. The Labute approximate surface area is 138 Å². The van der Waals surface area contributed by atoms with Crippen LogP contribution in [0.5, 0.6) is 0 Å². The zero-order valence-corrected chi connectivity index (χ0v) is 15.5. The maximum atomic E-state index is 5.92. The molecule has 0 saturated carbocycles. The van der Waals surface area contributed by atoms with Gasteiger partial charge in [-0.05, 0) is 45.7 Å². The number of hydrogen-bond donors (Lipinski definition) is 2. The molecule has 0 aliphatic carbocycles. The molecular formula is C18H40N2O2. The highest BCUT2D eigenvalue weighted by molar-refractivity contribution is 4.92. The minimum atomic E-state index is -0.592. The third-order valence-electron chi connectivity index (χ3n) is 5.23. The summed E-state index contributed by atoms with van der Waals surface area (Å²) in [5.41, 5.74) is 11.6. The zero-order chi connectivity index (χ0) is 16.9. The minimum Gasteiger partial charge on any atom is -0.353 e. The van der Waals surface area contributed by atoms with Gasteiger partial charge in [0.25, 0.3) is 0 Å². The normalized spacial score (nSPS) is 15.0. The van der Waals surface area contributed by atoms with Crippen molar-refractivity contribution in [2.75, 3.05) is 27.3 Å². The van der Waals surface area contributed by atoms with Gasteiger partial charge in [-0.25, -0.2) is 0 Å². The SMILES string of the molecule is CCCCCCCC[C@](CCN)(CCCN)C(C)(OC)OC. The first-order chi connectivity index (χ1) is 10.6. The number of nitrogens with two attached hydrogens (primary N) is 2. The molecule has 0 aromatic rings. The average molecular weight is 317 g/mol. The molecule has 0 saturated heterocycles. The van der Waals surface area contributed by atoms with Gasteiger partial charge >= 0.3 is 0 Å². The summed E-state index contributed by atoms with van der Waals surface area (Å²) in [6, 6.07) is 0. The van der Waals surface area contributed by atoms with Gasteiger partial charge in [0, 0.05) is 19.6 Å². The van der Waals surface area contributed by atoms with Crippen LogP contribution in [0.15, 0.2) is 0 Å². The Morgan fingerprint density at radius 2 is 1.27 bits per heavy atom. The van der Waals surface area contributed by atoms with Crippen LogP contribution in [0.3, 0.4) is 0 Å². The highest BCUT2D eigenvalue weighted by Gasteiger charge is 2.47. The zero-order valence-electron chi connectivity index (χ0n) is 15.5. The molecule has 0 aromatic carbocycles. The van der Waals surface area contributed by atoms with Gasteiger partial charge in [0.1, 0.15) is 0 Å². The topological polar surface area (TPSA) is 70.5 Å². The molecule has 0 amide bonds. The van der Waals surface area contributed by atoms with Gasteiger partial charge < -0.3 is 20.9 Å². The predicted molar refractivity (Wildman–Crippen MR) is 94.8 cm³/mol. The number of rotatable bonds is 15. The monoisotopic (exact) mass is 316 g/mol. The van der Waals surface area contributed by atoms with E-state index in [0.29, 0.717) is 13.1 Å². The van der Waals surface area contributed by atoms with Crippen LogP contribution in [0.4, 0.5) is 0 Å². The van der Waals surface area contributed by atoms with Gasteiger partial charge in [0.05, 0.1) is 0 Å². The smallest absolute Gasteiger partial charge is 0.170 e. The molecule has 0 rings (SSSR count). The molecular weight excluding hydrogens is 276 g/mol. The van der Waals surface area contributed by atoms with Crippen LogP contribution in [0.2, 0.25) is 0 Å². The molecule has 4 nitrogen and oxygen atoms in total. The lowest BCUT2D eigenvalue weighted by Gasteiger charge is -2.47. The van der Waals surface area contributed by atoms with Crippen molar-refractivity contribution >= 4 is 0 Å². The fourth-order valence-electron chi connectivity index (χ4n) is 3.53. The number of hydrogen-bond acceptors (Lipinski definition) is 4. The summed E-state index contributed by atoms with van der Waals surface area (Å²) in [4.78, 5) is 0. The van der Waals surface area contributed by atoms with Gasteiger partial charge in [0.15, 0.2) is 5.79 Å². The van der Waals surface area contributed by atoms with Gasteiger partial charge in [-0.3, -0.25) is 0 Å². The Balaban J connectivity index is 4.80. The Bertz CT molecular complexity index is 257. The van der Waals surface area contributed by atoms with E-state index in [-0.39, 0.29) is 5.41 Å². The van der Waals surface area contributed by atoms with E-state index in [1.807, 2.05) is 0 Å². The van der Waals surface area contributed by atoms with Crippen LogP contribution < -0.4 is 11.5 Å². The number of ether oxygens (including phenoxy) is 2. The number of methoxy groups -OCH3 is 2. The lowest BCUT2D eigenvalue weighted by molar-refractivity contribution is -0.271. The first-order valence-electron chi connectivity index (χ1n) is 9.06. The third-order valence-corrected chi connectivity index (χ3v) is 5.23. The molecule has 0 fully saturated rings. The highest BCUT2D eigenvalue weighted by atomic mass is 16.7. The van der Waals surface area contributed by atoms with Crippen molar-refractivity contribution in [2.45, 2.75) is 83.8 Å². The van der Waals surface area contributed by atoms with Gasteiger partial charge in [-0.2, -0.15) is 0 Å². The van der Waals surface area contributed by atoms with E-state index >= 15 is 0 Å². The first-order valence-corrected chi connectivity index (χ1v) is 9.06. The van der Waals surface area contributed by atoms with Crippen LogP contribution >= 0.6 is 0 Å². The molecule has 22 heavy (non-hydrogen) atoms. The Hall–Kier alpha value is -0.160. The summed E-state index contributed by atoms with van der Waals surface area (Å²) in [6.07, 6.45) is 11.8. The van der Waals surface area contributed by atoms with Crippen molar-refractivity contribution in [3.63, 3.8) is 0 Å². The second-order valence-corrected chi connectivity index (χ2v) is 6.58. The summed E-state index contributed by atoms with van der Waals surface area (Å²) in [7, 11) is 3.47. The lowest BCUT2D eigenvalue weighted by atomic mass is 9.69. The van der Waals surface area contributed by atoms with Crippen LogP contribution in [0.1, 0.15) is 78.1 Å². The lowest BCUT2D eigenvalue weighted by Crippen LogP contribution is -2.50. The third kappa shape index (κ3) is 6.53. The molecule has 0 heterocycles. The molecule has 0 aromatic heterocycles. The van der Waals surface area contributed by atoms with E-state index in [0.717, 1.165) is 25.7 Å². The molecule has 1 atom stereocenters. The van der Waals surface area contributed by atoms with Crippen molar-refractivity contribution in [3.8, 4) is 0 Å². The quantitative estimate of drug-likeness (QED) is 0.356. The average Bonchev–Trinajstić information content (AvgIpc) is 2.54. The summed E-state index contributed by atoms with van der Waals surface area (Å²) in [5.74, 6) is -0.592. The molecule has 134 valence electrons. The fourth-order valence-corrected chi connectivity index (χ4v) is 3.53. The standard InChI is InChI=1S/C18H40N2O2/c1-5-6-7-8-9-10-12-18(14-16-20,13-11-15-19)17(2,21-3)22-4/h5-16,19-20H2,1-4H3/t18-/m1/s1. The molecule has 0 aliphatic rings. The summed E-state index contributed by atoms with van der Waals surface area (Å²) >= 11 is 0. The molecule has 0 unspecified atom stereocenters. The summed E-state index contributed by atoms with van der Waals surface area (Å²) in [5, 5.41) is 0. The van der Waals surface area contributed by atoms with Crippen molar-refractivity contribution in [3.05, 3.63) is 0 Å². The molecule has 4 N–H and O–H groups in total. The maximum Gasteiger partial charge on any atom is 0.170 e. The van der Waals surface area contributed by atoms with Crippen molar-refractivity contribution < 1.29 is 9.47 Å². The Kier molecular flexibility index (Phi) is 12.2. The molecule has 0 bridgehead atoms. The molecule has 0 aliphatic heterocycles. The van der Waals surface area contributed by atoms with Gasteiger partial charge in [0.2, 0.25) is 0 Å². The van der Waals surface area contributed by atoms with Crippen LogP contribution in [0, 0.1) is 5.41 Å². The molecule has 0 radical (unpaired) electrons. The Morgan fingerprint density at radius 3 is 1.77 bits per heavy atom. The van der Waals surface area contributed by atoms with E-state index in [4.69, 9.17) is 20.9 Å². The van der Waals surface area contributed by atoms with E-state index in [9.17, 15) is 0 Å². The van der Waals surface area contributed by atoms with Crippen LogP contribution in [-0.2, 0) is 9.47 Å². The van der Waals surface area contributed by atoms with E-state index in [1.54, 1.807) is 14.2 Å². The predicted octanol–water partition coefficient (Wildman–Crippen LogP) is 3.82. The van der Waals surface area contributed by atoms with Gasteiger partial charge in [-0.15, -0.1) is 0 Å². The van der Waals surface area contributed by atoms with Crippen molar-refractivity contribution in [1.29, 1.82) is 0 Å². The van der Waals surface area contributed by atoms with E-state index < -0.39 is 5.79 Å². The Morgan fingerprint density at radius 1 is 0.727 bits per heavy atom. The molecule has 4 heteroatoms. The second kappa shape index (κ2) is 12.3. The first kappa shape index (κ1) is 21.8. The second-order valence-electron chi connectivity index (χ2n) is 6.58. The van der Waals surface area contributed by atoms with Crippen molar-refractivity contribution in [2.24, 2.45) is 16.9 Å². The van der Waals surface area contributed by atoms with Crippen LogP contribution in [0.25, 0.3) is 0 Å². The maximum absolute atomic E-state index is 5.92. The largest absolute Gasteiger partial charge is 0.353 e. The number of unbranched alkanes of at least 4 members (excludes halogenated alkanes) is 5. The highest BCUT2D eigenvalue weighted by Crippen LogP contribution is 2.46. The van der Waals surface area contributed by atoms with Crippen molar-refractivity contribution in [1.82, 2.24) is 0 Å². The summed E-state index contributed by atoms with van der Waals surface area (Å²) in [6.45, 7) is 5.66.